The number of rotatable bonds is 2. The predicted octanol–water partition coefficient (Wildman–Crippen LogP) is 3.59. The Morgan fingerprint density at radius 1 is 1.03 bits per heavy atom. The molecular formula is C26H27N7O3. The molecule has 2 bridgehead atoms. The van der Waals surface area contributed by atoms with Crippen LogP contribution in [0.2, 0.25) is 0 Å². The quantitative estimate of drug-likeness (QED) is 0.448. The number of imidazole rings is 1. The summed E-state index contributed by atoms with van der Waals surface area (Å²) in [4.78, 5) is 30.5. The number of fused-ring (bicyclic) bond motifs is 5. The maximum Gasteiger partial charge on any atom is 0.257 e. The smallest absolute Gasteiger partial charge is 0.257 e. The van der Waals surface area contributed by atoms with E-state index in [-0.39, 0.29) is 23.9 Å². The van der Waals surface area contributed by atoms with Crippen LogP contribution in [0.15, 0.2) is 48.7 Å². The minimum absolute atomic E-state index is 0.0477. The molecule has 1 saturated heterocycles. The normalized spacial score (nSPS) is 19.2. The number of carbonyl (C=O) groups is 2. The van der Waals surface area contributed by atoms with Crippen LogP contribution in [0, 0.1) is 0 Å². The number of nitrogens with one attached hydrogen (secondary N) is 2. The van der Waals surface area contributed by atoms with E-state index in [1.807, 2.05) is 29.1 Å². The van der Waals surface area contributed by atoms with E-state index in [1.165, 1.54) is 0 Å². The SMILES string of the molecule is C[C@H]1CCCCNC(=O)c2cccc(c2)C(=O)Nc2nc3cccc(-c4cn(C5COC5)nn4)c3n21. The van der Waals surface area contributed by atoms with Crippen LogP contribution in [0.25, 0.3) is 22.3 Å². The number of ether oxygens (including phenoxy) is 1. The minimum atomic E-state index is -0.317. The Morgan fingerprint density at radius 3 is 2.64 bits per heavy atom. The monoisotopic (exact) mass is 485 g/mol. The number of benzene rings is 2. The van der Waals surface area contributed by atoms with E-state index in [0.717, 1.165) is 41.6 Å². The summed E-state index contributed by atoms with van der Waals surface area (Å²) in [5.41, 5.74) is 4.20. The summed E-state index contributed by atoms with van der Waals surface area (Å²) in [5, 5.41) is 14.7. The molecule has 0 radical (unpaired) electrons. The molecule has 36 heavy (non-hydrogen) atoms. The second-order valence-corrected chi connectivity index (χ2v) is 9.39. The molecule has 4 aromatic rings. The number of amides is 2. The lowest BCUT2D eigenvalue weighted by molar-refractivity contribution is -0.0293. The van der Waals surface area contributed by atoms with Crippen molar-refractivity contribution in [2.45, 2.75) is 38.3 Å². The number of aromatic nitrogens is 5. The fourth-order valence-electron chi connectivity index (χ4n) is 4.80. The lowest BCUT2D eigenvalue weighted by Crippen LogP contribution is -2.30. The summed E-state index contributed by atoms with van der Waals surface area (Å²) in [6.45, 7) is 3.99. The van der Waals surface area contributed by atoms with Gasteiger partial charge in [-0.05, 0) is 50.5 Å². The molecule has 0 unspecified atom stereocenters. The molecule has 2 aliphatic heterocycles. The summed E-state index contributed by atoms with van der Waals surface area (Å²) < 4.78 is 9.25. The molecule has 10 nitrogen and oxygen atoms in total. The zero-order valence-electron chi connectivity index (χ0n) is 20.0. The molecule has 2 N–H and O–H groups in total. The highest BCUT2D eigenvalue weighted by Crippen LogP contribution is 2.34. The molecule has 4 heterocycles. The van der Waals surface area contributed by atoms with Crippen LogP contribution >= 0.6 is 0 Å². The number of para-hydroxylation sites is 1. The van der Waals surface area contributed by atoms with Crippen LogP contribution < -0.4 is 10.6 Å². The first-order valence-electron chi connectivity index (χ1n) is 12.3. The summed E-state index contributed by atoms with van der Waals surface area (Å²) >= 11 is 0. The van der Waals surface area contributed by atoms with E-state index in [0.29, 0.717) is 36.8 Å². The van der Waals surface area contributed by atoms with E-state index in [9.17, 15) is 9.59 Å². The first-order chi connectivity index (χ1) is 17.6. The van der Waals surface area contributed by atoms with Crippen molar-refractivity contribution in [3.63, 3.8) is 0 Å². The van der Waals surface area contributed by atoms with Crippen molar-refractivity contribution < 1.29 is 14.3 Å². The van der Waals surface area contributed by atoms with Gasteiger partial charge in [0.2, 0.25) is 5.95 Å². The van der Waals surface area contributed by atoms with Gasteiger partial charge in [-0.25, -0.2) is 9.67 Å². The molecule has 2 aliphatic rings. The third-order valence-corrected chi connectivity index (χ3v) is 6.88. The standard InChI is InChI=1S/C26H27N7O3/c1-16-6-2-3-11-27-24(34)17-7-4-8-18(12-17)25(35)29-26-28-21-10-5-9-20(23(21)33(16)26)22-13-32(31-30-22)19-14-36-15-19/h4-5,7-10,12-13,16,19H,2-3,6,11,14-15H2,1H3,(H,27,34)(H,28,29,35)/t16-/m0/s1. The van der Waals surface area contributed by atoms with Crippen molar-refractivity contribution in [2.75, 3.05) is 25.1 Å². The zero-order chi connectivity index (χ0) is 24.6. The van der Waals surface area contributed by atoms with Crippen molar-refractivity contribution >= 4 is 28.8 Å². The summed E-state index contributed by atoms with van der Waals surface area (Å²) in [6.07, 6.45) is 4.57. The van der Waals surface area contributed by atoms with Crippen LogP contribution in [-0.4, -0.2) is 56.1 Å². The second-order valence-electron chi connectivity index (χ2n) is 9.39. The van der Waals surface area contributed by atoms with Crippen molar-refractivity contribution in [1.29, 1.82) is 0 Å². The fraction of sp³-hybridized carbons (Fsp3) is 0.346. The van der Waals surface area contributed by atoms with Crippen LogP contribution in [0.1, 0.15) is 59.0 Å². The molecule has 6 rings (SSSR count). The number of hydrogen-bond donors (Lipinski definition) is 2. The van der Waals surface area contributed by atoms with Gasteiger partial charge >= 0.3 is 0 Å². The Hall–Kier alpha value is -4.05. The van der Waals surface area contributed by atoms with Gasteiger partial charge in [0.15, 0.2) is 0 Å². The molecule has 2 aromatic carbocycles. The fourth-order valence-corrected chi connectivity index (χ4v) is 4.80. The van der Waals surface area contributed by atoms with Gasteiger partial charge in [0, 0.05) is 29.3 Å². The van der Waals surface area contributed by atoms with Crippen molar-refractivity contribution in [3.05, 3.63) is 59.8 Å². The number of anilines is 1. The van der Waals surface area contributed by atoms with Gasteiger partial charge in [0.1, 0.15) is 11.7 Å². The van der Waals surface area contributed by atoms with Crippen molar-refractivity contribution in [1.82, 2.24) is 29.9 Å². The first kappa shape index (κ1) is 22.4. The van der Waals surface area contributed by atoms with Crippen LogP contribution in [-0.2, 0) is 4.74 Å². The summed E-state index contributed by atoms with van der Waals surface area (Å²) in [6, 6.07) is 12.9. The highest BCUT2D eigenvalue weighted by Gasteiger charge is 2.25. The highest BCUT2D eigenvalue weighted by atomic mass is 16.5. The first-order valence-corrected chi connectivity index (χ1v) is 12.3. The Kier molecular flexibility index (Phi) is 5.73. The lowest BCUT2D eigenvalue weighted by Gasteiger charge is -2.25. The van der Waals surface area contributed by atoms with Crippen LogP contribution in [0.5, 0.6) is 0 Å². The third-order valence-electron chi connectivity index (χ3n) is 6.88. The average Bonchev–Trinajstić information content (AvgIpc) is 3.46. The van der Waals surface area contributed by atoms with Crippen LogP contribution in [0.4, 0.5) is 5.95 Å². The third kappa shape index (κ3) is 4.03. The van der Waals surface area contributed by atoms with E-state index >= 15 is 0 Å². The molecular weight excluding hydrogens is 458 g/mol. The van der Waals surface area contributed by atoms with Gasteiger partial charge in [-0.1, -0.05) is 23.4 Å². The van der Waals surface area contributed by atoms with Gasteiger partial charge in [0.25, 0.3) is 11.8 Å². The molecule has 1 fully saturated rings. The predicted molar refractivity (Wildman–Crippen MR) is 134 cm³/mol. The van der Waals surface area contributed by atoms with Gasteiger partial charge in [-0.15, -0.1) is 5.10 Å². The Balaban J connectivity index is 1.45. The average molecular weight is 486 g/mol. The Morgan fingerprint density at radius 2 is 1.83 bits per heavy atom. The topological polar surface area (TPSA) is 116 Å². The molecule has 0 saturated carbocycles. The van der Waals surface area contributed by atoms with Crippen molar-refractivity contribution in [2.24, 2.45) is 0 Å². The number of nitrogens with zero attached hydrogens (tertiary/aromatic N) is 5. The molecule has 2 aromatic heterocycles. The lowest BCUT2D eigenvalue weighted by atomic mass is 10.1. The van der Waals surface area contributed by atoms with E-state index in [1.54, 1.807) is 24.3 Å². The van der Waals surface area contributed by atoms with Crippen molar-refractivity contribution in [3.8, 4) is 11.3 Å². The molecule has 0 spiro atoms. The van der Waals surface area contributed by atoms with Crippen LogP contribution in [0.3, 0.4) is 0 Å². The van der Waals surface area contributed by atoms with E-state index < -0.39 is 0 Å². The number of carbonyl (C=O) groups excluding carboxylic acids is 2. The minimum Gasteiger partial charge on any atom is -0.377 e. The Bertz CT molecular complexity index is 1450. The molecule has 1 atom stereocenters. The van der Waals surface area contributed by atoms with E-state index in [4.69, 9.17) is 9.72 Å². The highest BCUT2D eigenvalue weighted by molar-refractivity contribution is 6.06. The molecule has 0 aliphatic carbocycles. The summed E-state index contributed by atoms with van der Waals surface area (Å²) in [7, 11) is 0. The number of hydrogen-bond acceptors (Lipinski definition) is 6. The maximum atomic E-state index is 13.2. The van der Waals surface area contributed by atoms with E-state index in [2.05, 4.69) is 32.4 Å². The molecule has 184 valence electrons. The largest absolute Gasteiger partial charge is 0.377 e. The second kappa shape index (κ2) is 9.19. The van der Waals surface area contributed by atoms with Gasteiger partial charge in [-0.3, -0.25) is 14.9 Å². The summed E-state index contributed by atoms with van der Waals surface area (Å²) in [5.74, 6) is -0.0160. The van der Waals surface area contributed by atoms with Gasteiger partial charge < -0.3 is 14.6 Å². The van der Waals surface area contributed by atoms with Gasteiger partial charge in [-0.2, -0.15) is 0 Å². The molecule has 2 amide bonds. The van der Waals surface area contributed by atoms with Gasteiger partial charge in [0.05, 0.1) is 30.4 Å². The zero-order valence-corrected chi connectivity index (χ0v) is 20.0. The Labute approximate surface area is 207 Å². The maximum absolute atomic E-state index is 13.2. The molecule has 10 heteroatoms.